The Morgan fingerprint density at radius 3 is 0.844 bits per heavy atom. The van der Waals surface area contributed by atoms with E-state index in [1.165, 1.54) is 173 Å². The molecule has 0 fully saturated rings. The molecule has 0 heterocycles. The number of aliphatic hydroxyl groups is 1. The second-order valence-corrected chi connectivity index (χ2v) is 29.3. The Hall–Kier alpha value is -1.94. The predicted octanol–water partition coefficient (Wildman–Crippen LogP) is 20.4. The lowest BCUT2D eigenvalue weighted by molar-refractivity contribution is -0.161. The van der Waals surface area contributed by atoms with Gasteiger partial charge in [0.1, 0.15) is 19.3 Å². The smallest absolute Gasteiger partial charge is 0.462 e. The van der Waals surface area contributed by atoms with E-state index in [0.29, 0.717) is 25.7 Å². The topological polar surface area (TPSA) is 237 Å². The van der Waals surface area contributed by atoms with Gasteiger partial charge in [0, 0.05) is 25.7 Å². The summed E-state index contributed by atoms with van der Waals surface area (Å²) in [5.74, 6) is -0.620. The maximum Gasteiger partial charge on any atom is 0.472 e. The lowest BCUT2D eigenvalue weighted by atomic mass is 10.00. The monoisotopic (exact) mass is 1320 g/mol. The molecule has 17 nitrogen and oxygen atoms in total. The van der Waals surface area contributed by atoms with Crippen molar-refractivity contribution in [3.63, 3.8) is 0 Å². The molecule has 0 aromatic carbocycles. The second kappa shape index (κ2) is 63.1. The molecule has 0 aliphatic rings. The van der Waals surface area contributed by atoms with E-state index in [1.54, 1.807) is 0 Å². The minimum atomic E-state index is -4.95. The fraction of sp³-hybridized carbons (Fsp3) is 0.944. The van der Waals surface area contributed by atoms with Crippen molar-refractivity contribution in [2.75, 3.05) is 39.6 Å². The maximum atomic E-state index is 13.0. The van der Waals surface area contributed by atoms with Gasteiger partial charge in [-0.2, -0.15) is 0 Å². The largest absolute Gasteiger partial charge is 0.472 e. The van der Waals surface area contributed by atoms with Crippen LogP contribution in [0.2, 0.25) is 0 Å². The van der Waals surface area contributed by atoms with Crippen LogP contribution in [0, 0.1) is 11.8 Å². The van der Waals surface area contributed by atoms with Gasteiger partial charge in [-0.15, -0.1) is 0 Å². The number of aliphatic hydroxyl groups excluding tert-OH is 1. The molecule has 19 heteroatoms. The van der Waals surface area contributed by atoms with Crippen LogP contribution in [-0.4, -0.2) is 96.7 Å². The van der Waals surface area contributed by atoms with Gasteiger partial charge in [0.2, 0.25) is 0 Å². The van der Waals surface area contributed by atoms with Crippen molar-refractivity contribution in [1.29, 1.82) is 0 Å². The molecule has 3 N–H and O–H groups in total. The summed E-state index contributed by atoms with van der Waals surface area (Å²) < 4.78 is 68.2. The Balaban J connectivity index is 5.21. The Kier molecular flexibility index (Phi) is 61.8. The van der Waals surface area contributed by atoms with Gasteiger partial charge in [-0.25, -0.2) is 9.13 Å². The highest BCUT2D eigenvalue weighted by atomic mass is 31.2. The zero-order valence-electron chi connectivity index (χ0n) is 58.4. The van der Waals surface area contributed by atoms with Crippen LogP contribution in [-0.2, 0) is 65.4 Å². The van der Waals surface area contributed by atoms with Gasteiger partial charge in [-0.3, -0.25) is 37.3 Å². The zero-order chi connectivity index (χ0) is 66.5. The Morgan fingerprint density at radius 2 is 0.567 bits per heavy atom. The summed E-state index contributed by atoms with van der Waals surface area (Å²) in [6, 6.07) is 0. The fourth-order valence-electron chi connectivity index (χ4n) is 10.7. The van der Waals surface area contributed by atoms with E-state index >= 15 is 0 Å². The first-order valence-corrected chi connectivity index (χ1v) is 40.0. The maximum absolute atomic E-state index is 13.0. The number of hydrogen-bond donors (Lipinski definition) is 3. The second-order valence-electron chi connectivity index (χ2n) is 26.3. The molecule has 0 saturated carbocycles. The van der Waals surface area contributed by atoms with Gasteiger partial charge in [-0.1, -0.05) is 311 Å². The molecule has 0 rings (SSSR count). The predicted molar refractivity (Wildman–Crippen MR) is 363 cm³/mol. The average Bonchev–Trinajstić information content (AvgIpc) is 3.58. The lowest BCUT2D eigenvalue weighted by Gasteiger charge is -2.21. The molecule has 90 heavy (non-hydrogen) atoms. The first kappa shape index (κ1) is 88.1. The normalized spacial score (nSPS) is 14.4. The first-order chi connectivity index (χ1) is 43.4. The molecule has 0 aliphatic carbocycles. The summed E-state index contributed by atoms with van der Waals surface area (Å²) in [6.07, 6.45) is 48.7. The first-order valence-electron chi connectivity index (χ1n) is 37.0. The van der Waals surface area contributed by atoms with Crippen LogP contribution in [0.4, 0.5) is 0 Å². The minimum absolute atomic E-state index is 0.103. The number of phosphoric ester groups is 2. The Morgan fingerprint density at radius 1 is 0.322 bits per heavy atom. The van der Waals surface area contributed by atoms with E-state index in [0.717, 1.165) is 108 Å². The van der Waals surface area contributed by atoms with Crippen LogP contribution >= 0.6 is 15.6 Å². The van der Waals surface area contributed by atoms with E-state index in [4.69, 9.17) is 37.0 Å². The van der Waals surface area contributed by atoms with E-state index in [-0.39, 0.29) is 25.7 Å². The molecule has 6 atom stereocenters. The number of carbonyl (C=O) groups excluding carboxylic acids is 4. The highest BCUT2D eigenvalue weighted by molar-refractivity contribution is 7.47. The van der Waals surface area contributed by atoms with Gasteiger partial charge in [0.05, 0.1) is 26.4 Å². The molecule has 0 amide bonds. The van der Waals surface area contributed by atoms with Crippen molar-refractivity contribution in [3.05, 3.63) is 0 Å². The van der Waals surface area contributed by atoms with Crippen LogP contribution < -0.4 is 0 Å². The van der Waals surface area contributed by atoms with Crippen molar-refractivity contribution in [2.24, 2.45) is 11.8 Å². The van der Waals surface area contributed by atoms with Crippen LogP contribution in [0.1, 0.15) is 363 Å². The number of ether oxygens (including phenoxy) is 4. The molecule has 0 aromatic rings. The van der Waals surface area contributed by atoms with Gasteiger partial charge < -0.3 is 33.8 Å². The van der Waals surface area contributed by atoms with Crippen molar-refractivity contribution in [2.45, 2.75) is 381 Å². The number of unbranched alkanes of at least 4 members (excludes halogenated alkanes) is 39. The summed E-state index contributed by atoms with van der Waals surface area (Å²) in [5.41, 5.74) is 0. The molecule has 0 spiro atoms. The third kappa shape index (κ3) is 63.5. The number of phosphoric acid groups is 2. The molecule has 0 aliphatic heterocycles. The van der Waals surface area contributed by atoms with Gasteiger partial charge in [0.25, 0.3) is 0 Å². The number of carbonyl (C=O) groups is 4. The molecule has 534 valence electrons. The molecular formula is C71H138O17P2. The van der Waals surface area contributed by atoms with Crippen molar-refractivity contribution < 1.29 is 80.2 Å². The third-order valence-electron chi connectivity index (χ3n) is 16.8. The third-order valence-corrected chi connectivity index (χ3v) is 18.7. The summed E-state index contributed by atoms with van der Waals surface area (Å²) >= 11 is 0. The highest BCUT2D eigenvalue weighted by Gasteiger charge is 2.30. The SMILES string of the molecule is CCCCCCCCCCCCCCCCCCC(=O)OC[C@H](COP(=O)(O)OC[C@@H](O)COP(=O)(O)OC[C@@H](COC(=O)CCCCCCCCCC)OC(=O)CCCCCCCCC(C)CC)OC(=O)CCCCCCCCCCCCCCCC(C)C. The quantitative estimate of drug-likeness (QED) is 0.0222. The van der Waals surface area contributed by atoms with Crippen LogP contribution in [0.25, 0.3) is 0 Å². The van der Waals surface area contributed by atoms with Crippen molar-refractivity contribution >= 4 is 39.5 Å². The van der Waals surface area contributed by atoms with Gasteiger partial charge >= 0.3 is 39.5 Å². The Bertz CT molecular complexity index is 1750. The van der Waals surface area contributed by atoms with Crippen LogP contribution in [0.15, 0.2) is 0 Å². The minimum Gasteiger partial charge on any atom is -0.462 e. The van der Waals surface area contributed by atoms with E-state index < -0.39 is 97.5 Å². The summed E-state index contributed by atoms with van der Waals surface area (Å²) in [5, 5.41) is 10.6. The summed E-state index contributed by atoms with van der Waals surface area (Å²) in [4.78, 5) is 72.5. The fourth-order valence-corrected chi connectivity index (χ4v) is 12.3. The van der Waals surface area contributed by atoms with Crippen molar-refractivity contribution in [1.82, 2.24) is 0 Å². The average molecular weight is 1330 g/mol. The van der Waals surface area contributed by atoms with Crippen molar-refractivity contribution in [3.8, 4) is 0 Å². The number of hydrogen-bond acceptors (Lipinski definition) is 15. The number of esters is 4. The van der Waals surface area contributed by atoms with Crippen LogP contribution in [0.5, 0.6) is 0 Å². The number of rotatable bonds is 70. The van der Waals surface area contributed by atoms with Gasteiger partial charge in [0.15, 0.2) is 12.2 Å². The Labute approximate surface area is 549 Å². The molecule has 3 unspecified atom stereocenters. The molecule has 0 saturated heterocycles. The summed E-state index contributed by atoms with van der Waals surface area (Å²) in [7, 11) is -9.90. The molecule has 0 bridgehead atoms. The standard InChI is InChI=1S/C71H138O17P2/c1-7-10-12-14-16-18-19-20-21-22-25-28-31-35-42-48-54-69(74)82-59-66(87-70(75)55-49-43-36-32-29-26-23-24-27-30-33-39-45-51-63(4)5)61-85-89(77,78)83-57-65(72)58-84-90(79,80)86-62-67(60-81-68(73)53-47-41-34-17-15-13-11-8-2)88-71(76)56-50-44-38-37-40-46-52-64(6)9-3/h63-67,72H,7-62H2,1-6H3,(H,77,78)(H,79,80)/t64?,65-,66-,67-/m1/s1. The van der Waals surface area contributed by atoms with E-state index in [2.05, 4.69) is 41.5 Å². The van der Waals surface area contributed by atoms with E-state index in [9.17, 15) is 43.2 Å². The lowest BCUT2D eigenvalue weighted by Crippen LogP contribution is -2.30. The summed E-state index contributed by atoms with van der Waals surface area (Å²) in [6.45, 7) is 9.50. The highest BCUT2D eigenvalue weighted by Crippen LogP contribution is 2.45. The zero-order valence-corrected chi connectivity index (χ0v) is 60.2. The van der Waals surface area contributed by atoms with Crippen LogP contribution in [0.3, 0.4) is 0 Å². The van der Waals surface area contributed by atoms with Gasteiger partial charge in [-0.05, 0) is 37.5 Å². The molecule has 0 aromatic heterocycles. The van der Waals surface area contributed by atoms with E-state index in [1.807, 2.05) is 0 Å². The molecular weight excluding hydrogens is 1190 g/mol. The molecule has 0 radical (unpaired) electrons.